The third-order valence-electron chi connectivity index (χ3n) is 5.64. The first-order valence-electron chi connectivity index (χ1n) is 10.8. The summed E-state index contributed by atoms with van der Waals surface area (Å²) in [5.41, 5.74) is 1.92. The molecule has 1 amide bonds. The van der Waals surface area contributed by atoms with Gasteiger partial charge in [-0.2, -0.15) is 0 Å². The van der Waals surface area contributed by atoms with Crippen LogP contribution in [0.25, 0.3) is 11.1 Å². The number of hydrogen-bond acceptors (Lipinski definition) is 5. The first kappa shape index (κ1) is 21.7. The Balaban J connectivity index is 1.57. The fraction of sp³-hybridized carbons (Fsp3) is 0.320. The molecule has 1 aliphatic rings. The van der Waals surface area contributed by atoms with Crippen molar-refractivity contribution in [3.63, 3.8) is 0 Å². The van der Waals surface area contributed by atoms with Crippen molar-refractivity contribution in [1.29, 1.82) is 0 Å². The molecular formula is C25H27FN4O2. The minimum absolute atomic E-state index is 0.0103. The Morgan fingerprint density at radius 1 is 1.12 bits per heavy atom. The van der Waals surface area contributed by atoms with Gasteiger partial charge in [-0.05, 0) is 31.0 Å². The summed E-state index contributed by atoms with van der Waals surface area (Å²) in [7, 11) is 3.75. The Labute approximate surface area is 187 Å². The van der Waals surface area contributed by atoms with Crippen LogP contribution in [0.2, 0.25) is 0 Å². The lowest BCUT2D eigenvalue weighted by Gasteiger charge is -2.33. The van der Waals surface area contributed by atoms with Gasteiger partial charge in [-0.15, -0.1) is 0 Å². The monoisotopic (exact) mass is 434 g/mol. The van der Waals surface area contributed by atoms with E-state index in [1.165, 1.54) is 6.07 Å². The molecule has 1 aliphatic heterocycles. The average molecular weight is 435 g/mol. The number of piperidine rings is 1. The van der Waals surface area contributed by atoms with Crippen molar-refractivity contribution in [2.45, 2.75) is 18.8 Å². The van der Waals surface area contributed by atoms with Gasteiger partial charge in [-0.25, -0.2) is 14.4 Å². The fourth-order valence-corrected chi connectivity index (χ4v) is 3.98. The maximum atomic E-state index is 14.6. The fourth-order valence-electron chi connectivity index (χ4n) is 3.98. The van der Waals surface area contributed by atoms with E-state index in [4.69, 9.17) is 9.72 Å². The number of aromatic nitrogens is 2. The molecule has 0 bridgehead atoms. The van der Waals surface area contributed by atoms with E-state index in [1.807, 2.05) is 54.2 Å². The van der Waals surface area contributed by atoms with Gasteiger partial charge < -0.3 is 14.5 Å². The van der Waals surface area contributed by atoms with Crippen LogP contribution in [0, 0.1) is 5.82 Å². The van der Waals surface area contributed by atoms with Gasteiger partial charge in [0, 0.05) is 50.4 Å². The van der Waals surface area contributed by atoms with Gasteiger partial charge in [0.1, 0.15) is 11.6 Å². The second-order valence-electron chi connectivity index (χ2n) is 8.12. The Morgan fingerprint density at radius 3 is 2.62 bits per heavy atom. The quantitative estimate of drug-likeness (QED) is 0.584. The van der Waals surface area contributed by atoms with Gasteiger partial charge in [0.05, 0.1) is 5.69 Å². The Morgan fingerprint density at radius 2 is 1.88 bits per heavy atom. The molecule has 166 valence electrons. The minimum Gasteiger partial charge on any atom is -0.484 e. The van der Waals surface area contributed by atoms with Crippen LogP contribution in [0.15, 0.2) is 60.8 Å². The van der Waals surface area contributed by atoms with E-state index < -0.39 is 0 Å². The highest BCUT2D eigenvalue weighted by molar-refractivity contribution is 5.78. The molecule has 7 heteroatoms. The van der Waals surface area contributed by atoms with Crippen LogP contribution in [-0.2, 0) is 4.79 Å². The summed E-state index contributed by atoms with van der Waals surface area (Å²) >= 11 is 0. The Kier molecular flexibility index (Phi) is 6.63. The molecule has 2 heterocycles. The van der Waals surface area contributed by atoms with Crippen molar-refractivity contribution in [2.75, 3.05) is 38.7 Å². The summed E-state index contributed by atoms with van der Waals surface area (Å²) < 4.78 is 20.2. The number of nitrogens with zero attached hydrogens (tertiary/aromatic N) is 4. The van der Waals surface area contributed by atoms with Crippen molar-refractivity contribution < 1.29 is 13.9 Å². The summed E-state index contributed by atoms with van der Waals surface area (Å²) in [4.78, 5) is 25.7. The van der Waals surface area contributed by atoms with E-state index in [1.54, 1.807) is 24.4 Å². The molecule has 32 heavy (non-hydrogen) atoms. The number of para-hydroxylation sites is 1. The maximum absolute atomic E-state index is 14.6. The summed E-state index contributed by atoms with van der Waals surface area (Å²) in [5, 5.41) is 0. The first-order valence-corrected chi connectivity index (χ1v) is 10.8. The molecule has 6 nitrogen and oxygen atoms in total. The predicted molar refractivity (Wildman–Crippen MR) is 122 cm³/mol. The number of anilines is 1. The summed E-state index contributed by atoms with van der Waals surface area (Å²) in [6.45, 7) is 1.18. The largest absolute Gasteiger partial charge is 0.484 e. The third kappa shape index (κ3) is 4.88. The maximum Gasteiger partial charge on any atom is 0.260 e. The molecule has 1 fully saturated rings. The second kappa shape index (κ2) is 9.77. The molecule has 1 atom stereocenters. The number of carbonyl (C=O) groups excluding carboxylic acids is 1. The van der Waals surface area contributed by atoms with E-state index in [0.717, 1.165) is 18.5 Å². The molecular weight excluding hydrogens is 407 g/mol. The van der Waals surface area contributed by atoms with Crippen molar-refractivity contribution in [3.8, 4) is 16.9 Å². The molecule has 1 aromatic heterocycles. The van der Waals surface area contributed by atoms with Crippen LogP contribution in [0.4, 0.5) is 10.3 Å². The van der Waals surface area contributed by atoms with Crippen LogP contribution < -0.4 is 9.64 Å². The van der Waals surface area contributed by atoms with E-state index in [-0.39, 0.29) is 24.2 Å². The highest BCUT2D eigenvalue weighted by Gasteiger charge is 2.29. The number of halogens is 1. The van der Waals surface area contributed by atoms with Crippen LogP contribution in [-0.4, -0.2) is 54.6 Å². The van der Waals surface area contributed by atoms with Gasteiger partial charge in [0.15, 0.2) is 6.61 Å². The lowest BCUT2D eigenvalue weighted by Crippen LogP contribution is -2.42. The number of carbonyl (C=O) groups is 1. The number of likely N-dealkylation sites (tertiary alicyclic amines) is 1. The van der Waals surface area contributed by atoms with E-state index in [9.17, 15) is 9.18 Å². The number of benzene rings is 2. The molecule has 4 rings (SSSR count). The van der Waals surface area contributed by atoms with Crippen LogP contribution in [0.1, 0.15) is 24.5 Å². The first-order chi connectivity index (χ1) is 15.5. The van der Waals surface area contributed by atoms with Gasteiger partial charge in [0.2, 0.25) is 5.95 Å². The summed E-state index contributed by atoms with van der Waals surface area (Å²) in [6.07, 6.45) is 3.41. The molecule has 0 spiro atoms. The van der Waals surface area contributed by atoms with Gasteiger partial charge in [0.25, 0.3) is 5.91 Å². The van der Waals surface area contributed by atoms with Crippen molar-refractivity contribution in [1.82, 2.24) is 14.9 Å². The molecule has 0 radical (unpaired) electrons. The van der Waals surface area contributed by atoms with Gasteiger partial charge in [-0.1, -0.05) is 36.4 Å². The second-order valence-corrected chi connectivity index (χ2v) is 8.12. The number of rotatable bonds is 6. The third-order valence-corrected chi connectivity index (χ3v) is 5.64. The van der Waals surface area contributed by atoms with E-state index in [2.05, 4.69) is 4.98 Å². The van der Waals surface area contributed by atoms with Gasteiger partial charge in [-0.3, -0.25) is 4.79 Å². The van der Waals surface area contributed by atoms with Crippen molar-refractivity contribution in [2.24, 2.45) is 0 Å². The zero-order valence-electron chi connectivity index (χ0n) is 18.4. The normalized spacial score (nSPS) is 16.0. The minimum atomic E-state index is -0.310. The standard InChI is InChI=1S/C25H27FN4O2/c1-29(2)25-27-15-21(20-12-6-7-13-22(20)26)24(28-25)18-9-8-14-30(16-18)23(31)17-32-19-10-4-3-5-11-19/h3-7,10-13,15,18H,8-9,14,16-17H2,1-2H3/t18-/m0/s1. The Bertz CT molecular complexity index is 1070. The smallest absolute Gasteiger partial charge is 0.260 e. The van der Waals surface area contributed by atoms with Gasteiger partial charge >= 0.3 is 0 Å². The summed E-state index contributed by atoms with van der Waals surface area (Å²) in [6, 6.07) is 16.0. The zero-order valence-corrected chi connectivity index (χ0v) is 18.4. The number of hydrogen-bond donors (Lipinski definition) is 0. The topological polar surface area (TPSA) is 58.6 Å². The average Bonchev–Trinajstić information content (AvgIpc) is 2.83. The lowest BCUT2D eigenvalue weighted by molar-refractivity contribution is -0.134. The van der Waals surface area contributed by atoms with Crippen molar-refractivity contribution in [3.05, 3.63) is 72.3 Å². The van der Waals surface area contributed by atoms with E-state index in [0.29, 0.717) is 35.9 Å². The highest BCUT2D eigenvalue weighted by atomic mass is 19.1. The number of amides is 1. The molecule has 3 aromatic rings. The number of ether oxygens (including phenoxy) is 1. The highest BCUT2D eigenvalue weighted by Crippen LogP contribution is 2.35. The lowest BCUT2D eigenvalue weighted by atomic mass is 9.89. The van der Waals surface area contributed by atoms with Crippen molar-refractivity contribution >= 4 is 11.9 Å². The van der Waals surface area contributed by atoms with Crippen LogP contribution in [0.5, 0.6) is 5.75 Å². The SMILES string of the molecule is CN(C)c1ncc(-c2ccccc2F)c([C@H]2CCCN(C(=O)COc3ccccc3)C2)n1. The zero-order chi connectivity index (χ0) is 22.5. The van der Waals surface area contributed by atoms with Crippen LogP contribution in [0.3, 0.4) is 0 Å². The Hall–Kier alpha value is -3.48. The van der Waals surface area contributed by atoms with E-state index >= 15 is 0 Å². The molecule has 0 aliphatic carbocycles. The molecule has 0 N–H and O–H groups in total. The van der Waals surface area contributed by atoms with Crippen LogP contribution >= 0.6 is 0 Å². The molecule has 0 saturated carbocycles. The predicted octanol–water partition coefficient (Wildman–Crippen LogP) is 4.13. The molecule has 1 saturated heterocycles. The molecule has 0 unspecified atom stereocenters. The summed E-state index contributed by atoms with van der Waals surface area (Å²) in [5.74, 6) is 0.849. The molecule has 2 aromatic carbocycles.